The number of rotatable bonds is 5. The SMILES string of the molecule is Cc1cccc2cnn(COCC[Si](C)(C)C)c12. The predicted molar refractivity (Wildman–Crippen MR) is 78.6 cm³/mol. The van der Waals surface area contributed by atoms with Crippen LogP contribution in [0, 0.1) is 6.92 Å². The minimum Gasteiger partial charge on any atom is -0.360 e. The number of para-hydroxylation sites is 1. The van der Waals surface area contributed by atoms with Crippen LogP contribution >= 0.6 is 0 Å². The highest BCUT2D eigenvalue weighted by Gasteiger charge is 2.12. The summed E-state index contributed by atoms with van der Waals surface area (Å²) in [5.41, 5.74) is 2.43. The minimum absolute atomic E-state index is 0.554. The molecule has 1 aromatic carbocycles. The van der Waals surface area contributed by atoms with Crippen molar-refractivity contribution in [2.75, 3.05) is 6.61 Å². The van der Waals surface area contributed by atoms with Crippen molar-refractivity contribution < 1.29 is 4.74 Å². The summed E-state index contributed by atoms with van der Waals surface area (Å²) < 4.78 is 7.71. The Morgan fingerprint density at radius 1 is 1.28 bits per heavy atom. The highest BCUT2D eigenvalue weighted by molar-refractivity contribution is 6.76. The zero-order valence-corrected chi connectivity index (χ0v) is 12.7. The van der Waals surface area contributed by atoms with E-state index in [1.54, 1.807) is 0 Å². The molecule has 1 heterocycles. The monoisotopic (exact) mass is 262 g/mol. The van der Waals surface area contributed by atoms with Crippen LogP contribution in [-0.4, -0.2) is 24.5 Å². The molecule has 0 saturated carbocycles. The van der Waals surface area contributed by atoms with Crippen molar-refractivity contribution in [3.8, 4) is 0 Å². The zero-order valence-electron chi connectivity index (χ0n) is 11.7. The predicted octanol–water partition coefficient (Wildman–Crippen LogP) is 3.66. The summed E-state index contributed by atoms with van der Waals surface area (Å²) in [4.78, 5) is 0. The van der Waals surface area contributed by atoms with Gasteiger partial charge < -0.3 is 4.74 Å². The van der Waals surface area contributed by atoms with Gasteiger partial charge in [-0.25, -0.2) is 4.68 Å². The lowest BCUT2D eigenvalue weighted by molar-refractivity contribution is 0.0816. The second-order valence-corrected chi connectivity index (χ2v) is 11.6. The second-order valence-electron chi connectivity index (χ2n) is 6.00. The highest BCUT2D eigenvalue weighted by Crippen LogP contribution is 2.17. The molecule has 2 aromatic rings. The molecule has 4 heteroatoms. The third kappa shape index (κ3) is 3.20. The van der Waals surface area contributed by atoms with E-state index in [-0.39, 0.29) is 0 Å². The van der Waals surface area contributed by atoms with Crippen LogP contribution < -0.4 is 0 Å². The van der Waals surface area contributed by atoms with E-state index < -0.39 is 8.07 Å². The molecule has 2 rings (SSSR count). The third-order valence-corrected chi connectivity index (χ3v) is 4.78. The number of aryl methyl sites for hydroxylation is 1. The summed E-state index contributed by atoms with van der Waals surface area (Å²) in [6.07, 6.45) is 1.91. The molecule has 0 bridgehead atoms. The largest absolute Gasteiger partial charge is 0.360 e. The minimum atomic E-state index is -0.999. The molecule has 0 spiro atoms. The van der Waals surface area contributed by atoms with Crippen LogP contribution in [0.25, 0.3) is 10.9 Å². The van der Waals surface area contributed by atoms with Crippen molar-refractivity contribution >= 4 is 19.0 Å². The molecule has 3 nitrogen and oxygen atoms in total. The van der Waals surface area contributed by atoms with Crippen LogP contribution in [0.4, 0.5) is 0 Å². The molecule has 1 aromatic heterocycles. The molecule has 18 heavy (non-hydrogen) atoms. The number of benzene rings is 1. The molecular weight excluding hydrogens is 240 g/mol. The zero-order chi connectivity index (χ0) is 13.2. The molecule has 0 N–H and O–H groups in total. The van der Waals surface area contributed by atoms with Gasteiger partial charge in [0.1, 0.15) is 6.73 Å². The third-order valence-electron chi connectivity index (χ3n) is 3.07. The Balaban J connectivity index is 2.00. The molecule has 0 aliphatic heterocycles. The molecule has 0 saturated heterocycles. The van der Waals surface area contributed by atoms with Gasteiger partial charge in [0.25, 0.3) is 0 Å². The van der Waals surface area contributed by atoms with E-state index in [2.05, 4.69) is 49.9 Å². The van der Waals surface area contributed by atoms with Gasteiger partial charge in [-0.2, -0.15) is 5.10 Å². The van der Waals surface area contributed by atoms with Crippen LogP contribution in [0.2, 0.25) is 25.7 Å². The second kappa shape index (κ2) is 5.24. The number of nitrogens with zero attached hydrogens (tertiary/aromatic N) is 2. The summed E-state index contributed by atoms with van der Waals surface area (Å²) in [5, 5.41) is 5.58. The summed E-state index contributed by atoms with van der Waals surface area (Å²) >= 11 is 0. The van der Waals surface area contributed by atoms with E-state index in [9.17, 15) is 0 Å². The fourth-order valence-electron chi connectivity index (χ4n) is 1.96. The van der Waals surface area contributed by atoms with Crippen molar-refractivity contribution in [3.63, 3.8) is 0 Å². The summed E-state index contributed by atoms with van der Waals surface area (Å²) in [6, 6.07) is 7.47. The first-order valence-electron chi connectivity index (χ1n) is 6.46. The molecule has 0 fully saturated rings. The average molecular weight is 262 g/mol. The average Bonchev–Trinajstić information content (AvgIpc) is 2.68. The van der Waals surface area contributed by atoms with Gasteiger partial charge in [0.2, 0.25) is 0 Å². The van der Waals surface area contributed by atoms with E-state index in [0.29, 0.717) is 6.73 Å². The lowest BCUT2D eigenvalue weighted by Crippen LogP contribution is -2.22. The highest BCUT2D eigenvalue weighted by atomic mass is 28.3. The number of ether oxygens (including phenoxy) is 1. The lowest BCUT2D eigenvalue weighted by atomic mass is 10.2. The maximum absolute atomic E-state index is 5.75. The Morgan fingerprint density at radius 3 is 2.78 bits per heavy atom. The van der Waals surface area contributed by atoms with Crippen LogP contribution in [0.3, 0.4) is 0 Å². The van der Waals surface area contributed by atoms with E-state index in [1.165, 1.54) is 22.5 Å². The molecule has 0 aliphatic rings. The maximum Gasteiger partial charge on any atom is 0.140 e. The van der Waals surface area contributed by atoms with Gasteiger partial charge in [0, 0.05) is 20.1 Å². The molecule has 0 atom stereocenters. The Labute approximate surface area is 110 Å². The fraction of sp³-hybridized carbons (Fsp3) is 0.500. The molecule has 0 unspecified atom stereocenters. The molecule has 98 valence electrons. The van der Waals surface area contributed by atoms with Crippen LogP contribution in [0.15, 0.2) is 24.4 Å². The maximum atomic E-state index is 5.75. The number of fused-ring (bicyclic) bond motifs is 1. The molecule has 0 radical (unpaired) electrons. The Hall–Kier alpha value is -1.13. The number of hydrogen-bond donors (Lipinski definition) is 0. The topological polar surface area (TPSA) is 27.1 Å². The summed E-state index contributed by atoms with van der Waals surface area (Å²) in [6.45, 7) is 10.6. The van der Waals surface area contributed by atoms with E-state index in [4.69, 9.17) is 4.74 Å². The van der Waals surface area contributed by atoms with Gasteiger partial charge in [0.15, 0.2) is 0 Å². The van der Waals surface area contributed by atoms with Crippen LogP contribution in [0.1, 0.15) is 5.56 Å². The Kier molecular flexibility index (Phi) is 3.87. The van der Waals surface area contributed by atoms with Crippen LogP contribution in [-0.2, 0) is 11.5 Å². The smallest absolute Gasteiger partial charge is 0.140 e. The molecule has 0 aliphatic carbocycles. The Morgan fingerprint density at radius 2 is 2.06 bits per heavy atom. The van der Waals surface area contributed by atoms with Gasteiger partial charge in [0.05, 0.1) is 11.7 Å². The lowest BCUT2D eigenvalue weighted by Gasteiger charge is -2.15. The standard InChI is InChI=1S/C14H22N2OSi/c1-12-6-5-7-13-10-15-16(14(12)13)11-17-8-9-18(2,3)4/h5-7,10H,8-9,11H2,1-4H3. The van der Waals surface area contributed by atoms with Crippen molar-refractivity contribution in [2.24, 2.45) is 0 Å². The van der Waals surface area contributed by atoms with Gasteiger partial charge >= 0.3 is 0 Å². The van der Waals surface area contributed by atoms with Crippen molar-refractivity contribution in [1.82, 2.24) is 9.78 Å². The van der Waals surface area contributed by atoms with Crippen molar-refractivity contribution in [3.05, 3.63) is 30.0 Å². The summed E-state index contributed by atoms with van der Waals surface area (Å²) in [5.74, 6) is 0. The normalized spacial score (nSPS) is 12.2. The van der Waals surface area contributed by atoms with Gasteiger partial charge in [-0.1, -0.05) is 37.8 Å². The number of aromatic nitrogens is 2. The molecule has 0 amide bonds. The van der Waals surface area contributed by atoms with Crippen molar-refractivity contribution in [2.45, 2.75) is 39.3 Å². The van der Waals surface area contributed by atoms with Crippen molar-refractivity contribution in [1.29, 1.82) is 0 Å². The van der Waals surface area contributed by atoms with Gasteiger partial charge in [-0.05, 0) is 18.5 Å². The first-order chi connectivity index (χ1) is 8.47. The van der Waals surface area contributed by atoms with E-state index in [1.807, 2.05) is 10.9 Å². The molecular formula is C14H22N2OSi. The summed E-state index contributed by atoms with van der Waals surface area (Å²) in [7, 11) is -0.999. The fourth-order valence-corrected chi connectivity index (χ4v) is 2.71. The van der Waals surface area contributed by atoms with E-state index >= 15 is 0 Å². The van der Waals surface area contributed by atoms with Crippen LogP contribution in [0.5, 0.6) is 0 Å². The van der Waals surface area contributed by atoms with Gasteiger partial charge in [-0.15, -0.1) is 0 Å². The number of hydrogen-bond acceptors (Lipinski definition) is 2. The first kappa shape index (κ1) is 13.3. The quantitative estimate of drug-likeness (QED) is 0.607. The van der Waals surface area contributed by atoms with E-state index in [0.717, 1.165) is 6.61 Å². The Bertz CT molecular complexity index is 528. The van der Waals surface area contributed by atoms with Gasteiger partial charge in [-0.3, -0.25) is 0 Å². The first-order valence-corrected chi connectivity index (χ1v) is 10.2.